The summed E-state index contributed by atoms with van der Waals surface area (Å²) in [7, 11) is 0. The van der Waals surface area contributed by atoms with E-state index in [2.05, 4.69) is 5.32 Å². The van der Waals surface area contributed by atoms with Crippen LogP contribution in [0.3, 0.4) is 0 Å². The molecule has 0 unspecified atom stereocenters. The molecule has 1 amide bonds. The normalized spacial score (nSPS) is 10.2. The molecule has 0 saturated heterocycles. The van der Waals surface area contributed by atoms with Crippen LogP contribution in [-0.4, -0.2) is 10.5 Å². The first-order chi connectivity index (χ1) is 12.6. The summed E-state index contributed by atoms with van der Waals surface area (Å²) < 4.78 is 1.44. The molecule has 0 spiro atoms. The quantitative estimate of drug-likeness (QED) is 0.768. The third-order valence-electron chi connectivity index (χ3n) is 3.78. The number of benzene rings is 2. The van der Waals surface area contributed by atoms with Gasteiger partial charge in [-0.05, 0) is 35.9 Å². The molecule has 0 aliphatic carbocycles. The lowest BCUT2D eigenvalue weighted by Crippen LogP contribution is -2.22. The summed E-state index contributed by atoms with van der Waals surface area (Å²) in [5.74, 6) is -0.396. The molecule has 0 atom stereocenters. The Hall–Kier alpha value is -3.36. The molecule has 0 radical (unpaired) electrons. The Balaban J connectivity index is 1.86. The predicted molar refractivity (Wildman–Crippen MR) is 100 cm³/mol. The molecular weight excluding hydrogens is 350 g/mol. The number of nitrogens with one attached hydrogen (secondary N) is 1. The van der Waals surface area contributed by atoms with Crippen molar-refractivity contribution in [3.8, 4) is 6.07 Å². The number of carbonyl (C=O) groups excluding carboxylic acids is 1. The van der Waals surface area contributed by atoms with Crippen molar-refractivity contribution in [2.45, 2.75) is 6.54 Å². The average Bonchev–Trinajstić information content (AvgIpc) is 2.64. The van der Waals surface area contributed by atoms with E-state index in [1.165, 1.54) is 22.9 Å². The maximum Gasteiger partial charge on any atom is 0.257 e. The molecular formula is C20H14ClN3O2. The molecule has 0 aliphatic rings. The third-order valence-corrected chi connectivity index (χ3v) is 4.02. The topological polar surface area (TPSA) is 74.9 Å². The number of hydrogen-bond donors (Lipinski definition) is 1. The average molecular weight is 364 g/mol. The van der Waals surface area contributed by atoms with Crippen molar-refractivity contribution in [2.24, 2.45) is 0 Å². The second kappa shape index (κ2) is 7.68. The molecule has 26 heavy (non-hydrogen) atoms. The van der Waals surface area contributed by atoms with Crippen molar-refractivity contribution in [3.05, 3.63) is 98.9 Å². The number of rotatable bonds is 4. The summed E-state index contributed by atoms with van der Waals surface area (Å²) in [6.45, 7) is 0.301. The fraction of sp³-hybridized carbons (Fsp3) is 0.0500. The molecule has 2 aromatic carbocycles. The highest BCUT2D eigenvalue weighted by molar-refractivity contribution is 6.30. The fourth-order valence-electron chi connectivity index (χ4n) is 2.51. The predicted octanol–water partition coefficient (Wildman–Crippen LogP) is 3.67. The van der Waals surface area contributed by atoms with E-state index in [9.17, 15) is 9.59 Å². The molecule has 3 rings (SSSR count). The van der Waals surface area contributed by atoms with Gasteiger partial charge < -0.3 is 9.88 Å². The summed E-state index contributed by atoms with van der Waals surface area (Å²) in [4.78, 5) is 24.6. The largest absolute Gasteiger partial charge is 0.321 e. The fourth-order valence-corrected chi connectivity index (χ4v) is 2.72. The first-order valence-corrected chi connectivity index (χ1v) is 8.20. The first-order valence-electron chi connectivity index (χ1n) is 7.82. The minimum atomic E-state index is -0.396. The first kappa shape index (κ1) is 17.5. The Labute approximate surface area is 155 Å². The van der Waals surface area contributed by atoms with Gasteiger partial charge in [0.1, 0.15) is 6.07 Å². The Kier molecular flexibility index (Phi) is 5.16. The van der Waals surface area contributed by atoms with Crippen LogP contribution in [0.25, 0.3) is 0 Å². The number of nitrogens with zero attached hydrogens (tertiary/aromatic N) is 2. The number of anilines is 1. The maximum atomic E-state index is 12.5. The number of carbonyl (C=O) groups is 1. The van der Waals surface area contributed by atoms with Crippen LogP contribution in [0, 0.1) is 11.3 Å². The van der Waals surface area contributed by atoms with Crippen LogP contribution in [0.4, 0.5) is 5.69 Å². The van der Waals surface area contributed by atoms with Gasteiger partial charge in [0.05, 0.1) is 23.4 Å². The summed E-state index contributed by atoms with van der Waals surface area (Å²) in [5, 5.41) is 12.4. The van der Waals surface area contributed by atoms with Gasteiger partial charge in [0.25, 0.3) is 11.5 Å². The zero-order valence-corrected chi connectivity index (χ0v) is 14.4. The van der Waals surface area contributed by atoms with E-state index in [0.717, 1.165) is 5.56 Å². The van der Waals surface area contributed by atoms with Crippen LogP contribution in [0.15, 0.2) is 71.7 Å². The Morgan fingerprint density at radius 1 is 1.12 bits per heavy atom. The lowest BCUT2D eigenvalue weighted by molar-refractivity contribution is 0.102. The van der Waals surface area contributed by atoms with Crippen LogP contribution < -0.4 is 10.9 Å². The number of pyridine rings is 1. The van der Waals surface area contributed by atoms with Crippen LogP contribution in [0.2, 0.25) is 5.02 Å². The molecule has 3 aromatic rings. The second-order valence-electron chi connectivity index (χ2n) is 5.63. The molecule has 5 nitrogen and oxygen atoms in total. The number of hydrogen-bond acceptors (Lipinski definition) is 3. The molecule has 1 aromatic heterocycles. The Morgan fingerprint density at radius 2 is 1.92 bits per heavy atom. The number of aromatic nitrogens is 1. The van der Waals surface area contributed by atoms with E-state index >= 15 is 0 Å². The smallest absolute Gasteiger partial charge is 0.257 e. The van der Waals surface area contributed by atoms with E-state index in [1.807, 2.05) is 12.1 Å². The van der Waals surface area contributed by atoms with Crippen molar-refractivity contribution in [1.82, 2.24) is 4.57 Å². The number of halogens is 1. The van der Waals surface area contributed by atoms with Crippen LogP contribution in [0.5, 0.6) is 0 Å². The number of amides is 1. The van der Waals surface area contributed by atoms with Crippen LogP contribution in [0.1, 0.15) is 21.5 Å². The molecule has 128 valence electrons. The lowest BCUT2D eigenvalue weighted by atomic mass is 10.1. The van der Waals surface area contributed by atoms with E-state index < -0.39 is 5.91 Å². The molecule has 1 heterocycles. The minimum absolute atomic E-state index is 0.223. The summed E-state index contributed by atoms with van der Waals surface area (Å²) in [6.07, 6.45) is 1.49. The van der Waals surface area contributed by atoms with Crippen molar-refractivity contribution < 1.29 is 4.79 Å². The zero-order valence-electron chi connectivity index (χ0n) is 13.6. The van der Waals surface area contributed by atoms with Gasteiger partial charge in [0.2, 0.25) is 0 Å². The van der Waals surface area contributed by atoms with Crippen molar-refractivity contribution in [3.63, 3.8) is 0 Å². The third kappa shape index (κ3) is 4.00. The number of nitriles is 1. The van der Waals surface area contributed by atoms with E-state index in [0.29, 0.717) is 28.4 Å². The van der Waals surface area contributed by atoms with Crippen molar-refractivity contribution in [1.29, 1.82) is 5.26 Å². The van der Waals surface area contributed by atoms with Crippen molar-refractivity contribution >= 4 is 23.2 Å². The van der Waals surface area contributed by atoms with E-state index in [-0.39, 0.29) is 5.56 Å². The monoisotopic (exact) mass is 363 g/mol. The summed E-state index contributed by atoms with van der Waals surface area (Å²) in [5.41, 5.74) is 1.74. The molecule has 6 heteroatoms. The van der Waals surface area contributed by atoms with E-state index in [4.69, 9.17) is 16.9 Å². The molecule has 1 N–H and O–H groups in total. The highest BCUT2D eigenvalue weighted by Crippen LogP contribution is 2.15. The second-order valence-corrected chi connectivity index (χ2v) is 6.06. The van der Waals surface area contributed by atoms with Gasteiger partial charge in [-0.1, -0.05) is 35.9 Å². The summed E-state index contributed by atoms with van der Waals surface area (Å²) >= 11 is 5.97. The number of para-hydroxylation sites is 1. The highest BCUT2D eigenvalue weighted by atomic mass is 35.5. The van der Waals surface area contributed by atoms with E-state index in [1.54, 1.807) is 42.5 Å². The lowest BCUT2D eigenvalue weighted by Gasteiger charge is -2.10. The van der Waals surface area contributed by atoms with Gasteiger partial charge in [-0.15, -0.1) is 0 Å². The van der Waals surface area contributed by atoms with Gasteiger partial charge in [-0.3, -0.25) is 9.59 Å². The highest BCUT2D eigenvalue weighted by Gasteiger charge is 2.11. The standard InChI is InChI=1S/C20H14ClN3O2/c21-17-6-3-4-14(10-17)12-24-13-16(8-9-19(24)25)20(26)23-18-7-2-1-5-15(18)11-22/h1-10,13H,12H2,(H,23,26). The molecule has 0 fully saturated rings. The maximum absolute atomic E-state index is 12.5. The van der Waals surface area contributed by atoms with Gasteiger partial charge in [0, 0.05) is 17.3 Å². The Morgan fingerprint density at radius 3 is 2.69 bits per heavy atom. The molecule has 0 aliphatic heterocycles. The van der Waals surface area contributed by atoms with Gasteiger partial charge >= 0.3 is 0 Å². The molecule has 0 saturated carbocycles. The minimum Gasteiger partial charge on any atom is -0.321 e. The SMILES string of the molecule is N#Cc1ccccc1NC(=O)c1ccc(=O)n(Cc2cccc(Cl)c2)c1. The van der Waals surface area contributed by atoms with Gasteiger partial charge in [-0.2, -0.15) is 5.26 Å². The van der Waals surface area contributed by atoms with Gasteiger partial charge in [0.15, 0.2) is 0 Å². The molecule has 0 bridgehead atoms. The van der Waals surface area contributed by atoms with Crippen molar-refractivity contribution in [2.75, 3.05) is 5.32 Å². The zero-order chi connectivity index (χ0) is 18.5. The summed E-state index contributed by atoms with van der Waals surface area (Å²) in [6, 6.07) is 18.7. The Bertz CT molecular complexity index is 1070. The van der Waals surface area contributed by atoms with Crippen LogP contribution >= 0.6 is 11.6 Å². The van der Waals surface area contributed by atoms with Gasteiger partial charge in [-0.25, -0.2) is 0 Å². The van der Waals surface area contributed by atoms with Crippen LogP contribution in [-0.2, 0) is 6.54 Å².